The van der Waals surface area contributed by atoms with Crippen molar-refractivity contribution in [2.75, 3.05) is 18.6 Å². The van der Waals surface area contributed by atoms with Crippen LogP contribution < -0.4 is 11.1 Å². The summed E-state index contributed by atoms with van der Waals surface area (Å²) < 4.78 is 0. The van der Waals surface area contributed by atoms with E-state index in [0.29, 0.717) is 5.92 Å². The Morgan fingerprint density at radius 2 is 2.17 bits per heavy atom. The number of carbonyl (C=O) groups excluding carboxylic acids is 1. The maximum Gasteiger partial charge on any atom is 0.236 e. The summed E-state index contributed by atoms with van der Waals surface area (Å²) in [5.74, 6) is 1.52. The number of hydrogen-bond acceptors (Lipinski definition) is 3. The number of amides is 1. The Labute approximate surface area is 78.5 Å². The van der Waals surface area contributed by atoms with E-state index in [1.807, 2.05) is 0 Å². The lowest BCUT2D eigenvalue weighted by atomic mass is 10.2. The van der Waals surface area contributed by atoms with E-state index in [0.717, 1.165) is 12.3 Å². The van der Waals surface area contributed by atoms with Gasteiger partial charge in [-0.05, 0) is 24.9 Å². The van der Waals surface area contributed by atoms with Crippen molar-refractivity contribution < 1.29 is 4.79 Å². The molecule has 0 aliphatic heterocycles. The van der Waals surface area contributed by atoms with Gasteiger partial charge in [-0.25, -0.2) is 0 Å². The average molecular weight is 190 g/mol. The topological polar surface area (TPSA) is 55.1 Å². The Hall–Kier alpha value is -0.220. The van der Waals surface area contributed by atoms with Gasteiger partial charge in [-0.3, -0.25) is 4.79 Å². The molecule has 0 bridgehead atoms. The zero-order valence-corrected chi connectivity index (χ0v) is 8.78. The van der Waals surface area contributed by atoms with E-state index in [4.69, 9.17) is 5.73 Å². The summed E-state index contributed by atoms with van der Waals surface area (Å²) in [4.78, 5) is 11.0. The van der Waals surface area contributed by atoms with E-state index < -0.39 is 6.04 Å². The third-order valence-electron chi connectivity index (χ3n) is 1.49. The second-order valence-electron chi connectivity index (χ2n) is 3.09. The van der Waals surface area contributed by atoms with Gasteiger partial charge in [0.05, 0.1) is 6.04 Å². The first-order valence-electron chi connectivity index (χ1n) is 4.10. The minimum absolute atomic E-state index is 0.0667. The van der Waals surface area contributed by atoms with Gasteiger partial charge in [0.2, 0.25) is 5.91 Å². The number of nitrogens with one attached hydrogen (secondary N) is 1. The summed E-state index contributed by atoms with van der Waals surface area (Å²) in [6.07, 6.45) is 2.06. The molecule has 0 fully saturated rings. The number of nitrogens with two attached hydrogens (primary N) is 1. The number of carbonyl (C=O) groups is 1. The van der Waals surface area contributed by atoms with Crippen LogP contribution in [0.4, 0.5) is 0 Å². The second-order valence-corrected chi connectivity index (χ2v) is 4.01. The van der Waals surface area contributed by atoms with Crippen LogP contribution in [0.1, 0.15) is 13.8 Å². The van der Waals surface area contributed by atoms with Crippen molar-refractivity contribution in [2.24, 2.45) is 11.7 Å². The largest absolute Gasteiger partial charge is 0.354 e. The van der Waals surface area contributed by atoms with Crippen LogP contribution in [-0.2, 0) is 4.79 Å². The van der Waals surface area contributed by atoms with Crippen molar-refractivity contribution in [3.05, 3.63) is 0 Å². The summed E-state index contributed by atoms with van der Waals surface area (Å²) >= 11 is 1.79. The van der Waals surface area contributed by atoms with Gasteiger partial charge >= 0.3 is 0 Å². The zero-order chi connectivity index (χ0) is 9.56. The van der Waals surface area contributed by atoms with E-state index in [-0.39, 0.29) is 5.91 Å². The van der Waals surface area contributed by atoms with Crippen LogP contribution in [0.25, 0.3) is 0 Å². The first-order chi connectivity index (χ1) is 5.57. The number of hydrogen-bond donors (Lipinski definition) is 2. The highest BCUT2D eigenvalue weighted by Crippen LogP contribution is 2.02. The van der Waals surface area contributed by atoms with Crippen molar-refractivity contribution in [2.45, 2.75) is 19.9 Å². The molecule has 12 heavy (non-hydrogen) atoms. The van der Waals surface area contributed by atoms with Gasteiger partial charge < -0.3 is 11.1 Å². The first kappa shape index (κ1) is 11.8. The predicted octanol–water partition coefficient (Wildman–Crippen LogP) is 0.449. The van der Waals surface area contributed by atoms with Crippen molar-refractivity contribution in [3.8, 4) is 0 Å². The highest BCUT2D eigenvalue weighted by atomic mass is 32.2. The van der Waals surface area contributed by atoms with E-state index in [1.54, 1.807) is 18.7 Å². The fourth-order valence-electron chi connectivity index (χ4n) is 0.779. The monoisotopic (exact) mass is 190 g/mol. The Bertz CT molecular complexity index is 139. The van der Waals surface area contributed by atoms with Crippen LogP contribution in [0, 0.1) is 5.92 Å². The highest BCUT2D eigenvalue weighted by Gasteiger charge is 2.08. The summed E-state index contributed by atoms with van der Waals surface area (Å²) in [5.41, 5.74) is 5.38. The van der Waals surface area contributed by atoms with Crippen LogP contribution in [0.15, 0.2) is 0 Å². The SMILES string of the molecule is CSCC(C)CNC(=O)[C@H](C)N. The third-order valence-corrected chi connectivity index (χ3v) is 2.39. The normalized spacial score (nSPS) is 15.3. The molecule has 0 radical (unpaired) electrons. The molecule has 0 aromatic heterocycles. The average Bonchev–Trinajstić information content (AvgIpc) is 2.00. The van der Waals surface area contributed by atoms with Gasteiger partial charge in [-0.2, -0.15) is 11.8 Å². The molecule has 0 spiro atoms. The summed E-state index contributed by atoms with van der Waals surface area (Å²) in [7, 11) is 0. The molecule has 0 rings (SSSR count). The van der Waals surface area contributed by atoms with Crippen molar-refractivity contribution >= 4 is 17.7 Å². The molecule has 0 aliphatic carbocycles. The Morgan fingerprint density at radius 3 is 2.58 bits per heavy atom. The lowest BCUT2D eigenvalue weighted by molar-refractivity contribution is -0.122. The number of rotatable bonds is 5. The molecular formula is C8H18N2OS. The van der Waals surface area contributed by atoms with Crippen LogP contribution in [0.2, 0.25) is 0 Å². The fourth-order valence-corrected chi connectivity index (χ4v) is 1.47. The third kappa shape index (κ3) is 5.43. The lowest BCUT2D eigenvalue weighted by Crippen LogP contribution is -2.40. The molecule has 0 saturated carbocycles. The molecule has 0 saturated heterocycles. The van der Waals surface area contributed by atoms with Crippen molar-refractivity contribution in [3.63, 3.8) is 0 Å². The molecule has 0 aromatic rings. The van der Waals surface area contributed by atoms with Gasteiger partial charge in [-0.15, -0.1) is 0 Å². The van der Waals surface area contributed by atoms with Crippen LogP contribution in [-0.4, -0.2) is 30.5 Å². The van der Waals surface area contributed by atoms with E-state index in [1.165, 1.54) is 0 Å². The number of thioether (sulfide) groups is 1. The minimum atomic E-state index is -0.397. The standard InChI is InChI=1S/C8H18N2OS/c1-6(5-12-3)4-10-8(11)7(2)9/h6-7H,4-5,9H2,1-3H3,(H,10,11)/t6?,7-/m0/s1. The van der Waals surface area contributed by atoms with E-state index in [2.05, 4.69) is 18.5 Å². The lowest BCUT2D eigenvalue weighted by Gasteiger charge is -2.12. The van der Waals surface area contributed by atoms with Gasteiger partial charge in [0, 0.05) is 6.54 Å². The molecule has 4 heteroatoms. The van der Waals surface area contributed by atoms with Gasteiger partial charge in [-0.1, -0.05) is 6.92 Å². The fraction of sp³-hybridized carbons (Fsp3) is 0.875. The minimum Gasteiger partial charge on any atom is -0.354 e. The second kappa shape index (κ2) is 6.31. The summed E-state index contributed by atoms with van der Waals surface area (Å²) in [6.45, 7) is 4.52. The summed E-state index contributed by atoms with van der Waals surface area (Å²) in [6, 6.07) is -0.397. The molecule has 2 atom stereocenters. The predicted molar refractivity (Wildman–Crippen MR) is 54.2 cm³/mol. The van der Waals surface area contributed by atoms with E-state index >= 15 is 0 Å². The molecule has 1 amide bonds. The maximum absolute atomic E-state index is 11.0. The smallest absolute Gasteiger partial charge is 0.236 e. The van der Waals surface area contributed by atoms with Gasteiger partial charge in [0.25, 0.3) is 0 Å². The molecular weight excluding hydrogens is 172 g/mol. The molecule has 3 nitrogen and oxygen atoms in total. The molecule has 1 unspecified atom stereocenters. The Kier molecular flexibility index (Phi) is 6.20. The first-order valence-corrected chi connectivity index (χ1v) is 5.49. The van der Waals surface area contributed by atoms with Crippen molar-refractivity contribution in [1.82, 2.24) is 5.32 Å². The van der Waals surface area contributed by atoms with Crippen LogP contribution in [0.3, 0.4) is 0 Å². The molecule has 0 heterocycles. The molecule has 0 aliphatic rings. The highest BCUT2D eigenvalue weighted by molar-refractivity contribution is 7.98. The van der Waals surface area contributed by atoms with Gasteiger partial charge in [0.1, 0.15) is 0 Å². The molecule has 0 aromatic carbocycles. The van der Waals surface area contributed by atoms with E-state index in [9.17, 15) is 4.79 Å². The zero-order valence-electron chi connectivity index (χ0n) is 7.96. The quantitative estimate of drug-likeness (QED) is 0.662. The van der Waals surface area contributed by atoms with Gasteiger partial charge in [0.15, 0.2) is 0 Å². The molecule has 72 valence electrons. The van der Waals surface area contributed by atoms with Crippen LogP contribution >= 0.6 is 11.8 Å². The van der Waals surface area contributed by atoms with Crippen molar-refractivity contribution in [1.29, 1.82) is 0 Å². The Morgan fingerprint density at radius 1 is 1.58 bits per heavy atom. The maximum atomic E-state index is 11.0. The molecule has 3 N–H and O–H groups in total. The summed E-state index contributed by atoms with van der Waals surface area (Å²) in [5, 5.41) is 2.79. The Balaban J connectivity index is 3.47. The van der Waals surface area contributed by atoms with Crippen LogP contribution in [0.5, 0.6) is 0 Å².